The Morgan fingerprint density at radius 2 is 1.88 bits per heavy atom. The predicted octanol–water partition coefficient (Wildman–Crippen LogP) is 2.16. The Kier molecular flexibility index (Phi) is 5.91. The molecule has 1 aromatic heterocycles. The van der Waals surface area contributed by atoms with Crippen molar-refractivity contribution < 1.29 is 9.53 Å². The number of nitrogens with zero attached hydrogens (tertiary/aromatic N) is 3. The number of hydrogen-bond donors (Lipinski definition) is 2. The van der Waals surface area contributed by atoms with Crippen LogP contribution < -0.4 is 20.3 Å². The summed E-state index contributed by atoms with van der Waals surface area (Å²) in [4.78, 5) is 21.1. The van der Waals surface area contributed by atoms with Gasteiger partial charge >= 0.3 is 6.03 Å². The monoisotopic (exact) mass is 355 g/mol. The highest BCUT2D eigenvalue weighted by Gasteiger charge is 2.15. The van der Waals surface area contributed by atoms with E-state index in [0.717, 1.165) is 49.0 Å². The number of pyridine rings is 1. The predicted molar refractivity (Wildman–Crippen MR) is 103 cm³/mol. The van der Waals surface area contributed by atoms with Crippen molar-refractivity contribution in [3.8, 4) is 5.75 Å². The third-order valence-electron chi connectivity index (χ3n) is 4.44. The largest absolute Gasteiger partial charge is 0.497 e. The number of likely N-dealkylation sites (N-methyl/N-ethyl adjacent to an activating group) is 1. The van der Waals surface area contributed by atoms with E-state index in [1.54, 1.807) is 37.6 Å². The van der Waals surface area contributed by atoms with Crippen molar-refractivity contribution in [1.82, 2.24) is 15.2 Å². The zero-order valence-corrected chi connectivity index (χ0v) is 15.2. The summed E-state index contributed by atoms with van der Waals surface area (Å²) in [7, 11) is 3.74. The molecule has 2 heterocycles. The topological polar surface area (TPSA) is 69.7 Å². The second-order valence-corrected chi connectivity index (χ2v) is 6.35. The van der Waals surface area contributed by atoms with Crippen LogP contribution in [0.4, 0.5) is 16.3 Å². The maximum absolute atomic E-state index is 12.1. The van der Waals surface area contributed by atoms with E-state index in [4.69, 9.17) is 4.74 Å². The van der Waals surface area contributed by atoms with Crippen molar-refractivity contribution in [1.29, 1.82) is 0 Å². The number of ether oxygens (including phenoxy) is 1. The van der Waals surface area contributed by atoms with E-state index in [9.17, 15) is 4.79 Å². The van der Waals surface area contributed by atoms with Crippen LogP contribution in [0.5, 0.6) is 5.75 Å². The van der Waals surface area contributed by atoms with E-state index in [0.29, 0.717) is 6.54 Å². The molecule has 1 saturated heterocycles. The number of rotatable bonds is 5. The zero-order chi connectivity index (χ0) is 18.4. The van der Waals surface area contributed by atoms with Gasteiger partial charge in [-0.2, -0.15) is 0 Å². The van der Waals surface area contributed by atoms with Gasteiger partial charge in [-0.15, -0.1) is 0 Å². The first-order chi connectivity index (χ1) is 12.6. The van der Waals surface area contributed by atoms with Crippen LogP contribution in [0.3, 0.4) is 0 Å². The lowest BCUT2D eigenvalue weighted by Gasteiger charge is -2.33. The number of nitrogens with one attached hydrogen (secondary N) is 2. The summed E-state index contributed by atoms with van der Waals surface area (Å²) in [5.41, 5.74) is 1.75. The summed E-state index contributed by atoms with van der Waals surface area (Å²) in [5, 5.41) is 5.69. The lowest BCUT2D eigenvalue weighted by molar-refractivity contribution is 0.251. The molecular formula is C19H25N5O2. The summed E-state index contributed by atoms with van der Waals surface area (Å²) in [6, 6.07) is 10.9. The van der Waals surface area contributed by atoms with E-state index >= 15 is 0 Å². The van der Waals surface area contributed by atoms with Gasteiger partial charge in [0.05, 0.1) is 7.11 Å². The molecule has 2 N–H and O–H groups in total. The molecule has 138 valence electrons. The molecule has 7 nitrogen and oxygen atoms in total. The van der Waals surface area contributed by atoms with Gasteiger partial charge in [-0.25, -0.2) is 9.78 Å². The fourth-order valence-corrected chi connectivity index (χ4v) is 2.81. The van der Waals surface area contributed by atoms with Gasteiger partial charge in [-0.05, 0) is 49.0 Å². The average molecular weight is 355 g/mol. The Morgan fingerprint density at radius 1 is 1.15 bits per heavy atom. The lowest BCUT2D eigenvalue weighted by Crippen LogP contribution is -2.44. The lowest BCUT2D eigenvalue weighted by atomic mass is 10.2. The molecule has 2 amide bonds. The van der Waals surface area contributed by atoms with Gasteiger partial charge in [-0.3, -0.25) is 0 Å². The van der Waals surface area contributed by atoms with E-state index in [2.05, 4.69) is 32.5 Å². The highest BCUT2D eigenvalue weighted by Crippen LogP contribution is 2.16. The number of carbonyl (C=O) groups is 1. The van der Waals surface area contributed by atoms with Crippen LogP contribution in [-0.4, -0.2) is 56.3 Å². The molecule has 0 unspecified atom stereocenters. The first kappa shape index (κ1) is 18.0. The summed E-state index contributed by atoms with van der Waals surface area (Å²) < 4.78 is 5.11. The Labute approximate surface area is 154 Å². The van der Waals surface area contributed by atoms with Gasteiger partial charge in [0.1, 0.15) is 11.6 Å². The maximum atomic E-state index is 12.1. The smallest absolute Gasteiger partial charge is 0.319 e. The summed E-state index contributed by atoms with van der Waals surface area (Å²) in [6.45, 7) is 4.46. The molecule has 1 aliphatic rings. The fourth-order valence-electron chi connectivity index (χ4n) is 2.81. The first-order valence-electron chi connectivity index (χ1n) is 8.71. The third kappa shape index (κ3) is 4.86. The summed E-state index contributed by atoms with van der Waals surface area (Å²) >= 11 is 0. The Bertz CT molecular complexity index is 727. The molecule has 1 fully saturated rings. The van der Waals surface area contributed by atoms with E-state index < -0.39 is 0 Å². The van der Waals surface area contributed by atoms with Gasteiger partial charge in [0.15, 0.2) is 0 Å². The van der Waals surface area contributed by atoms with Crippen molar-refractivity contribution in [2.24, 2.45) is 0 Å². The normalized spacial score (nSPS) is 14.8. The van der Waals surface area contributed by atoms with Gasteiger partial charge in [0, 0.05) is 44.6 Å². The quantitative estimate of drug-likeness (QED) is 0.860. The van der Waals surface area contributed by atoms with Crippen LogP contribution in [-0.2, 0) is 6.54 Å². The Balaban J connectivity index is 1.52. The molecule has 26 heavy (non-hydrogen) atoms. The SMILES string of the molecule is COc1ccc(NC(=O)NCc2ccnc(N3CCN(C)CC3)c2)cc1. The van der Waals surface area contributed by atoms with Crippen molar-refractivity contribution in [2.45, 2.75) is 6.54 Å². The van der Waals surface area contributed by atoms with Crippen LogP contribution in [0, 0.1) is 0 Å². The van der Waals surface area contributed by atoms with Crippen LogP contribution in [0.2, 0.25) is 0 Å². The van der Waals surface area contributed by atoms with E-state index in [-0.39, 0.29) is 6.03 Å². The molecule has 0 aliphatic carbocycles. The number of hydrogen-bond acceptors (Lipinski definition) is 5. The number of anilines is 2. The van der Waals surface area contributed by atoms with Gasteiger partial charge < -0.3 is 25.2 Å². The summed E-state index contributed by atoms with van der Waals surface area (Å²) in [6.07, 6.45) is 1.80. The molecule has 0 atom stereocenters. The minimum atomic E-state index is -0.242. The first-order valence-corrected chi connectivity index (χ1v) is 8.71. The van der Waals surface area contributed by atoms with Crippen LogP contribution >= 0.6 is 0 Å². The van der Waals surface area contributed by atoms with Gasteiger partial charge in [-0.1, -0.05) is 0 Å². The van der Waals surface area contributed by atoms with Gasteiger partial charge in [0.25, 0.3) is 0 Å². The third-order valence-corrected chi connectivity index (χ3v) is 4.44. The van der Waals surface area contributed by atoms with Crippen LogP contribution in [0.15, 0.2) is 42.6 Å². The summed E-state index contributed by atoms with van der Waals surface area (Å²) in [5.74, 6) is 1.72. The highest BCUT2D eigenvalue weighted by molar-refractivity contribution is 5.89. The van der Waals surface area contributed by atoms with Crippen molar-refractivity contribution >= 4 is 17.5 Å². The van der Waals surface area contributed by atoms with Crippen molar-refractivity contribution in [3.05, 3.63) is 48.2 Å². The second kappa shape index (κ2) is 8.53. The number of carbonyl (C=O) groups excluding carboxylic acids is 1. The van der Waals surface area contributed by atoms with Gasteiger partial charge in [0.2, 0.25) is 0 Å². The molecule has 3 rings (SSSR count). The fraction of sp³-hybridized carbons (Fsp3) is 0.368. The molecule has 0 saturated carbocycles. The number of amides is 2. The molecule has 0 radical (unpaired) electrons. The Morgan fingerprint density at radius 3 is 2.58 bits per heavy atom. The number of piperazine rings is 1. The molecular weight excluding hydrogens is 330 g/mol. The number of urea groups is 1. The average Bonchev–Trinajstić information content (AvgIpc) is 2.68. The van der Waals surface area contributed by atoms with E-state index in [1.165, 1.54) is 0 Å². The minimum Gasteiger partial charge on any atom is -0.497 e. The molecule has 0 bridgehead atoms. The second-order valence-electron chi connectivity index (χ2n) is 6.35. The van der Waals surface area contributed by atoms with Crippen molar-refractivity contribution in [3.63, 3.8) is 0 Å². The maximum Gasteiger partial charge on any atom is 0.319 e. The number of aromatic nitrogens is 1. The molecule has 1 aromatic carbocycles. The Hall–Kier alpha value is -2.80. The minimum absolute atomic E-state index is 0.242. The van der Waals surface area contributed by atoms with E-state index in [1.807, 2.05) is 12.1 Å². The highest BCUT2D eigenvalue weighted by atomic mass is 16.5. The number of methoxy groups -OCH3 is 1. The molecule has 1 aliphatic heterocycles. The molecule has 0 spiro atoms. The van der Waals surface area contributed by atoms with Crippen LogP contribution in [0.1, 0.15) is 5.56 Å². The zero-order valence-electron chi connectivity index (χ0n) is 15.2. The van der Waals surface area contributed by atoms with Crippen LogP contribution in [0.25, 0.3) is 0 Å². The van der Waals surface area contributed by atoms with Crippen molar-refractivity contribution in [2.75, 3.05) is 50.6 Å². The molecule has 2 aromatic rings. The number of benzene rings is 1. The molecule has 7 heteroatoms. The standard InChI is InChI=1S/C19H25N5O2/c1-23-9-11-24(12-10-23)18-13-15(7-8-20-18)14-21-19(25)22-16-3-5-17(26-2)6-4-16/h3-8,13H,9-12,14H2,1-2H3,(H2,21,22,25).